The highest BCUT2D eigenvalue weighted by molar-refractivity contribution is 9.15. The van der Waals surface area contributed by atoms with E-state index in [1.54, 1.807) is 36.8 Å². The molecule has 15 rings (SSSR count). The lowest BCUT2D eigenvalue weighted by atomic mass is 9.77. The first-order valence-corrected chi connectivity index (χ1v) is 52.5. The molecule has 0 N–H and O–H groups in total. The number of benzene rings is 10. The molecule has 1 aliphatic carbocycles. The summed E-state index contributed by atoms with van der Waals surface area (Å²) in [7, 11) is 0. The molecule has 728 valence electrons. The number of fused-ring (bicyclic) bond motifs is 5. The van der Waals surface area contributed by atoms with Crippen LogP contribution in [-0.4, -0.2) is 31.0 Å². The second-order valence-electron chi connectivity index (χ2n) is 41.0. The minimum Gasteiger partial charge on any atom is -0.265 e. The molecule has 14 heteroatoms. The number of rotatable bonds is 21. The Morgan fingerprint density at radius 3 is 1.14 bits per heavy atom. The van der Waals surface area contributed by atoms with Crippen molar-refractivity contribution >= 4 is 123 Å². The van der Waals surface area contributed by atoms with Crippen molar-refractivity contribution in [3.8, 4) is 0 Å². The molecule has 0 spiro atoms. The molecule has 1 saturated carbocycles. The van der Waals surface area contributed by atoms with Crippen LogP contribution in [-0.2, 0) is 49.7 Å². The zero-order chi connectivity index (χ0) is 101. The predicted octanol–water partition coefficient (Wildman–Crippen LogP) is 39.7. The fraction of sp³-hybridized carbons (Fsp3) is 0.426. The van der Waals surface area contributed by atoms with Crippen LogP contribution in [0.2, 0.25) is 0 Å². The minimum atomic E-state index is -4.28. The van der Waals surface area contributed by atoms with Crippen LogP contribution in [0, 0.1) is 10.1 Å². The van der Waals surface area contributed by atoms with Gasteiger partial charge in [0.15, 0.2) is 0 Å². The largest absolute Gasteiger partial charge is 0.398 e. The van der Waals surface area contributed by atoms with E-state index in [2.05, 4.69) is 371 Å². The zero-order valence-corrected chi connectivity index (χ0v) is 92.7. The molecule has 0 amide bonds. The number of nitrogens with zero attached hydrogens (tertiary/aromatic N) is 5. The Morgan fingerprint density at radius 1 is 0.353 bits per heavy atom. The first-order chi connectivity index (χ1) is 64.2. The number of non-ortho nitro benzene ring substituents is 1. The van der Waals surface area contributed by atoms with Crippen molar-refractivity contribution in [3.63, 3.8) is 0 Å². The molecule has 7 nitrogen and oxygen atoms in total. The Kier molecular flexibility index (Phi) is 43.6. The van der Waals surface area contributed by atoms with Gasteiger partial charge in [0.25, 0.3) is 5.69 Å². The van der Waals surface area contributed by atoms with Crippen molar-refractivity contribution < 1.29 is 18.1 Å². The van der Waals surface area contributed by atoms with E-state index < -0.39 is 11.6 Å². The smallest absolute Gasteiger partial charge is 0.265 e. The zero-order valence-electron chi connectivity index (χ0n) is 86.4. The number of hydrogen-bond donors (Lipinski definition) is 0. The highest BCUT2D eigenvalue weighted by Crippen LogP contribution is 2.49. The molecule has 14 aromatic rings. The lowest BCUT2D eigenvalue weighted by molar-refractivity contribution is -0.383. The third-order valence-corrected chi connectivity index (χ3v) is 34.3. The molecule has 2 unspecified atom stereocenters. The average Bonchev–Trinajstić information content (AvgIpc) is 0.746. The van der Waals surface area contributed by atoms with Crippen molar-refractivity contribution in [1.29, 1.82) is 0 Å². The van der Waals surface area contributed by atoms with E-state index in [0.717, 1.165) is 95.7 Å². The molecular formula is C122H154Br4F3N5O2. The molecule has 0 radical (unpaired) electrons. The highest BCUT2D eigenvalue weighted by Gasteiger charge is 2.51. The van der Waals surface area contributed by atoms with Gasteiger partial charge in [-0.15, -0.1) is 0 Å². The van der Waals surface area contributed by atoms with Gasteiger partial charge in [-0.3, -0.25) is 30.1 Å². The summed E-state index contributed by atoms with van der Waals surface area (Å²) in [5.41, 5.74) is 13.9. The number of alkyl halides is 3. The first kappa shape index (κ1) is 114. The second kappa shape index (κ2) is 51.9. The third kappa shape index (κ3) is 30.6. The van der Waals surface area contributed by atoms with Gasteiger partial charge in [0, 0.05) is 83.4 Å². The van der Waals surface area contributed by atoms with E-state index in [4.69, 9.17) is 0 Å². The quantitative estimate of drug-likeness (QED) is 0.0234. The van der Waals surface area contributed by atoms with Gasteiger partial charge >= 0.3 is 6.18 Å². The van der Waals surface area contributed by atoms with Crippen LogP contribution in [0.25, 0.3) is 53.9 Å². The number of nitro benzene ring substituents is 1. The van der Waals surface area contributed by atoms with E-state index in [9.17, 15) is 23.3 Å². The van der Waals surface area contributed by atoms with Gasteiger partial charge < -0.3 is 0 Å². The fourth-order valence-corrected chi connectivity index (χ4v) is 18.6. The summed E-state index contributed by atoms with van der Waals surface area (Å²) in [6.45, 7) is 56.6. The van der Waals surface area contributed by atoms with Crippen LogP contribution in [0.15, 0.2) is 286 Å². The van der Waals surface area contributed by atoms with Crippen molar-refractivity contribution in [1.82, 2.24) is 19.9 Å². The van der Waals surface area contributed by atoms with Gasteiger partial charge in [-0.1, -0.05) is 338 Å². The molecular weight excluding hydrogens is 1940 g/mol. The highest BCUT2D eigenvalue weighted by atomic mass is 79.9. The molecule has 0 bridgehead atoms. The van der Waals surface area contributed by atoms with Crippen molar-refractivity contribution in [2.75, 3.05) is 0 Å². The number of pyridine rings is 4. The maximum absolute atomic E-state index is 13.6. The van der Waals surface area contributed by atoms with Gasteiger partial charge in [0.1, 0.15) is 0 Å². The fourth-order valence-electron chi connectivity index (χ4n) is 16.2. The summed E-state index contributed by atoms with van der Waals surface area (Å²) in [4.78, 5) is 27.4. The maximum Gasteiger partial charge on any atom is 0.398 e. The van der Waals surface area contributed by atoms with Gasteiger partial charge in [0.05, 0.1) is 15.7 Å². The SMILES string of the molecule is CCC(C)(C)c1ccc(C2CCCCC2)cc1.CCC(C)(C)c1cccc2c([N+](=O)[O-])cccc12.CCC(C)(C)c1cccc2cc3c(Br)c(Br)c(Br)c(Br)c3cc12.CCC(C)(C)c1ccccn1.CCC(C)(C)c1ccccn1.CCC(C)(C)c1ccncc1.CCC(C)(C)c1ccncc1.CCC(C)(c1cccc2cc3ccccc3cc12)C(F)(F)F.CCc1ccc(C(C)CC)cc1. The topological polar surface area (TPSA) is 94.7 Å². The number of nitro groups is 1. The van der Waals surface area contributed by atoms with Gasteiger partial charge in [-0.25, -0.2) is 0 Å². The van der Waals surface area contributed by atoms with Crippen molar-refractivity contribution in [2.45, 2.75) is 338 Å². The molecule has 4 heterocycles. The van der Waals surface area contributed by atoms with E-state index >= 15 is 0 Å². The molecule has 10 aromatic carbocycles. The molecule has 1 fully saturated rings. The van der Waals surface area contributed by atoms with Crippen molar-refractivity contribution in [3.05, 3.63) is 357 Å². The predicted molar refractivity (Wildman–Crippen MR) is 595 cm³/mol. The summed E-state index contributed by atoms with van der Waals surface area (Å²) in [6, 6.07) is 78.0. The van der Waals surface area contributed by atoms with Crippen LogP contribution >= 0.6 is 63.7 Å². The van der Waals surface area contributed by atoms with Crippen molar-refractivity contribution in [2.24, 2.45) is 0 Å². The first-order valence-electron chi connectivity index (χ1n) is 49.4. The number of hydrogen-bond acceptors (Lipinski definition) is 6. The third-order valence-electron chi connectivity index (χ3n) is 29.5. The Morgan fingerprint density at radius 2 is 0.728 bits per heavy atom. The summed E-state index contributed by atoms with van der Waals surface area (Å²) < 4.78 is 45.1. The molecule has 136 heavy (non-hydrogen) atoms. The second-order valence-corrected chi connectivity index (χ2v) is 44.1. The molecule has 0 aliphatic heterocycles. The molecule has 2 atom stereocenters. The Hall–Kier alpha value is -8.79. The summed E-state index contributed by atoms with van der Waals surface area (Å²) in [5.74, 6) is 1.54. The van der Waals surface area contributed by atoms with Crippen LogP contribution in [0.5, 0.6) is 0 Å². The van der Waals surface area contributed by atoms with Crippen LogP contribution in [0.1, 0.15) is 343 Å². The monoisotopic (exact) mass is 2090 g/mol. The molecule has 4 aromatic heterocycles. The summed E-state index contributed by atoms with van der Waals surface area (Å²) in [5, 5.41) is 21.3. The number of aryl methyl sites for hydroxylation is 1. The van der Waals surface area contributed by atoms with Crippen LogP contribution < -0.4 is 0 Å². The van der Waals surface area contributed by atoms with E-state index in [1.807, 2.05) is 122 Å². The van der Waals surface area contributed by atoms with Gasteiger partial charge in [0.2, 0.25) is 0 Å². The standard InChI is InChI=1S/C19H16Br4.C19H17F3.C17H26.C15H17NO2.C12H18.4C10H15N/c1-4-19(2,3)14-7-5-6-10-8-12-13(9-11(10)14)16(21)18(23)17(22)15(12)20;1-3-18(2,19(20,21)22)17-10-6-9-15-11-13-7-4-5-8-14(13)12-16(15)17;1-4-17(2,3)16-12-10-15(11-13-16)14-8-6-5-7-9-14;1-4-15(2,3)13-9-5-8-12-11(13)7-6-10-14(12)16(17)18;1-4-10(3)12-8-6-11(5-2)7-9-12;2*1-4-10(2,3)9-5-7-11-8-6-9;2*1-4-10(2,3)9-7-5-6-8-11-9/h5-9H,4H2,1-3H3;4-12H,3H2,1-2H3;10-14H,4-9H2,1-3H3;5-10H,4H2,1-3H3;6-10H,4-5H2,1-3H3;4*5-8H,4H2,1-3H3. The average molecular weight is 2100 g/mol. The number of aromatic nitrogens is 4. The normalized spacial score (nSPS) is 13.2. The van der Waals surface area contributed by atoms with E-state index in [-0.39, 0.29) is 38.7 Å². The van der Waals surface area contributed by atoms with Crippen LogP contribution in [0.3, 0.4) is 0 Å². The minimum absolute atomic E-state index is 0.0163. The lowest BCUT2D eigenvalue weighted by Gasteiger charge is -2.32. The summed E-state index contributed by atoms with van der Waals surface area (Å²) in [6.07, 6.45) is 24.2. The van der Waals surface area contributed by atoms with Gasteiger partial charge in [-0.2, -0.15) is 13.2 Å². The van der Waals surface area contributed by atoms with E-state index in [1.165, 1.54) is 124 Å². The Labute approximate surface area is 849 Å². The van der Waals surface area contributed by atoms with Crippen LogP contribution in [0.4, 0.5) is 18.9 Å². The Bertz CT molecular complexity index is 5830. The number of halogens is 7. The molecule has 1 aliphatic rings. The lowest BCUT2D eigenvalue weighted by Crippen LogP contribution is -2.39. The van der Waals surface area contributed by atoms with E-state index in [0.29, 0.717) is 33.1 Å². The van der Waals surface area contributed by atoms with Gasteiger partial charge in [-0.05, 0) is 364 Å². The maximum atomic E-state index is 13.6. The Balaban J connectivity index is 0.000000212. The molecule has 0 saturated heterocycles. The summed E-state index contributed by atoms with van der Waals surface area (Å²) >= 11 is 14.8.